The Bertz CT molecular complexity index is 564. The molecule has 0 atom stereocenters. The van der Waals surface area contributed by atoms with Crippen LogP contribution in [0, 0.1) is 0 Å². The van der Waals surface area contributed by atoms with Gasteiger partial charge in [0.1, 0.15) is 0 Å². The van der Waals surface area contributed by atoms with Crippen molar-refractivity contribution in [2.24, 2.45) is 0 Å². The van der Waals surface area contributed by atoms with Gasteiger partial charge < -0.3 is 5.32 Å². The smallest absolute Gasteiger partial charge is 0.224 e. The van der Waals surface area contributed by atoms with Gasteiger partial charge in [-0.05, 0) is 18.6 Å². The van der Waals surface area contributed by atoms with Crippen molar-refractivity contribution in [3.8, 4) is 0 Å². The van der Waals surface area contributed by atoms with Crippen LogP contribution in [0.5, 0.6) is 0 Å². The van der Waals surface area contributed by atoms with Crippen LogP contribution in [0.4, 0.5) is 5.69 Å². The molecule has 0 saturated heterocycles. The molecule has 0 aromatic heterocycles. The molecule has 1 amide bonds. The molecule has 0 aliphatic rings. The molecule has 2 rings (SSSR count). The van der Waals surface area contributed by atoms with E-state index >= 15 is 0 Å². The lowest BCUT2D eigenvalue weighted by atomic mass is 10.1. The number of ketones is 1. The first-order valence-electron chi connectivity index (χ1n) is 6.69. The SMILES string of the molecule is O=C(CCCC(=O)c1ccccc1)Nc1ccccc1. The molecule has 102 valence electrons. The van der Waals surface area contributed by atoms with Gasteiger partial charge >= 0.3 is 0 Å². The number of benzene rings is 2. The summed E-state index contributed by atoms with van der Waals surface area (Å²) in [7, 11) is 0. The zero-order valence-corrected chi connectivity index (χ0v) is 11.2. The fourth-order valence-electron chi connectivity index (χ4n) is 1.92. The summed E-state index contributed by atoms with van der Waals surface area (Å²) in [5, 5.41) is 2.81. The third kappa shape index (κ3) is 4.35. The first kappa shape index (κ1) is 14.0. The van der Waals surface area contributed by atoms with Crippen LogP contribution in [0.25, 0.3) is 0 Å². The van der Waals surface area contributed by atoms with Crippen molar-refractivity contribution in [3.63, 3.8) is 0 Å². The molecular weight excluding hydrogens is 250 g/mol. The van der Waals surface area contributed by atoms with E-state index in [0.29, 0.717) is 24.8 Å². The highest BCUT2D eigenvalue weighted by Gasteiger charge is 2.07. The molecule has 2 aromatic carbocycles. The lowest BCUT2D eigenvalue weighted by Gasteiger charge is -2.04. The summed E-state index contributed by atoms with van der Waals surface area (Å²) < 4.78 is 0. The summed E-state index contributed by atoms with van der Waals surface area (Å²) in [5.74, 6) is 0.0233. The fourth-order valence-corrected chi connectivity index (χ4v) is 1.92. The number of anilines is 1. The minimum absolute atomic E-state index is 0.0583. The summed E-state index contributed by atoms with van der Waals surface area (Å²) >= 11 is 0. The van der Waals surface area contributed by atoms with E-state index in [-0.39, 0.29) is 11.7 Å². The molecule has 3 heteroatoms. The van der Waals surface area contributed by atoms with Crippen molar-refractivity contribution >= 4 is 17.4 Å². The second-order valence-electron chi connectivity index (χ2n) is 4.56. The summed E-state index contributed by atoms with van der Waals surface area (Å²) in [4.78, 5) is 23.6. The van der Waals surface area contributed by atoms with Crippen LogP contribution in [-0.2, 0) is 4.79 Å². The largest absolute Gasteiger partial charge is 0.326 e. The maximum atomic E-state index is 11.9. The molecule has 0 saturated carbocycles. The second kappa shape index (κ2) is 7.24. The number of Topliss-reactive ketones (excluding diaryl/α,β-unsaturated/α-hetero) is 1. The molecule has 0 bridgehead atoms. The van der Waals surface area contributed by atoms with Crippen molar-refractivity contribution in [3.05, 3.63) is 66.2 Å². The molecule has 0 spiro atoms. The van der Waals surface area contributed by atoms with E-state index < -0.39 is 0 Å². The van der Waals surface area contributed by atoms with Gasteiger partial charge in [0.2, 0.25) is 5.91 Å². The normalized spacial score (nSPS) is 10.0. The number of carbonyl (C=O) groups is 2. The van der Waals surface area contributed by atoms with Crippen molar-refractivity contribution in [2.45, 2.75) is 19.3 Å². The van der Waals surface area contributed by atoms with Gasteiger partial charge in [-0.25, -0.2) is 0 Å². The number of hydrogen-bond donors (Lipinski definition) is 1. The monoisotopic (exact) mass is 267 g/mol. The molecular formula is C17H17NO2. The summed E-state index contributed by atoms with van der Waals surface area (Å²) in [6.45, 7) is 0. The lowest BCUT2D eigenvalue weighted by molar-refractivity contribution is -0.116. The van der Waals surface area contributed by atoms with Crippen LogP contribution in [0.2, 0.25) is 0 Å². The maximum absolute atomic E-state index is 11.9. The average molecular weight is 267 g/mol. The van der Waals surface area contributed by atoms with Crippen molar-refractivity contribution < 1.29 is 9.59 Å². The van der Waals surface area contributed by atoms with Gasteiger partial charge in [-0.3, -0.25) is 9.59 Å². The van der Waals surface area contributed by atoms with E-state index in [1.807, 2.05) is 48.5 Å². The molecule has 0 fully saturated rings. The maximum Gasteiger partial charge on any atom is 0.224 e. The van der Waals surface area contributed by atoms with Gasteiger partial charge in [-0.1, -0.05) is 48.5 Å². The number of hydrogen-bond acceptors (Lipinski definition) is 2. The average Bonchev–Trinajstić information content (AvgIpc) is 2.49. The summed E-state index contributed by atoms with van der Waals surface area (Å²) in [6, 6.07) is 18.5. The van der Waals surface area contributed by atoms with Crippen molar-refractivity contribution in [1.82, 2.24) is 0 Å². The van der Waals surface area contributed by atoms with Crippen molar-refractivity contribution in [2.75, 3.05) is 5.32 Å². The van der Waals surface area contributed by atoms with E-state index in [2.05, 4.69) is 5.32 Å². The topological polar surface area (TPSA) is 46.2 Å². The molecule has 2 aromatic rings. The Kier molecular flexibility index (Phi) is 5.07. The predicted molar refractivity (Wildman–Crippen MR) is 79.7 cm³/mol. The molecule has 0 unspecified atom stereocenters. The van der Waals surface area contributed by atoms with Crippen LogP contribution < -0.4 is 5.32 Å². The van der Waals surface area contributed by atoms with Gasteiger partial charge in [-0.15, -0.1) is 0 Å². The predicted octanol–water partition coefficient (Wildman–Crippen LogP) is 3.68. The van der Waals surface area contributed by atoms with E-state index in [0.717, 1.165) is 5.69 Å². The van der Waals surface area contributed by atoms with Gasteiger partial charge in [0.25, 0.3) is 0 Å². The Morgan fingerprint density at radius 3 is 2.05 bits per heavy atom. The van der Waals surface area contributed by atoms with Gasteiger partial charge in [-0.2, -0.15) is 0 Å². The molecule has 20 heavy (non-hydrogen) atoms. The third-order valence-corrected chi connectivity index (χ3v) is 2.96. The van der Waals surface area contributed by atoms with Crippen LogP contribution in [0.15, 0.2) is 60.7 Å². The van der Waals surface area contributed by atoms with Crippen LogP contribution in [0.1, 0.15) is 29.6 Å². The molecule has 0 heterocycles. The Morgan fingerprint density at radius 2 is 1.40 bits per heavy atom. The molecule has 3 nitrogen and oxygen atoms in total. The first-order valence-corrected chi connectivity index (χ1v) is 6.69. The number of para-hydroxylation sites is 1. The number of carbonyl (C=O) groups excluding carboxylic acids is 2. The molecule has 0 aliphatic heterocycles. The fraction of sp³-hybridized carbons (Fsp3) is 0.176. The Balaban J connectivity index is 1.73. The Morgan fingerprint density at radius 1 is 0.800 bits per heavy atom. The van der Waals surface area contributed by atoms with Gasteiger partial charge in [0.15, 0.2) is 5.78 Å². The Labute approximate surface area is 118 Å². The number of amides is 1. The molecule has 1 N–H and O–H groups in total. The zero-order valence-electron chi connectivity index (χ0n) is 11.2. The molecule has 0 radical (unpaired) electrons. The number of nitrogens with one attached hydrogen (secondary N) is 1. The highest BCUT2D eigenvalue weighted by Crippen LogP contribution is 2.09. The minimum atomic E-state index is -0.0583. The van der Waals surface area contributed by atoms with Crippen LogP contribution in [0.3, 0.4) is 0 Å². The van der Waals surface area contributed by atoms with E-state index in [1.54, 1.807) is 12.1 Å². The third-order valence-electron chi connectivity index (χ3n) is 2.96. The number of rotatable bonds is 6. The van der Waals surface area contributed by atoms with Gasteiger partial charge in [0.05, 0.1) is 0 Å². The zero-order chi connectivity index (χ0) is 14.2. The molecule has 0 aliphatic carbocycles. The summed E-state index contributed by atoms with van der Waals surface area (Å²) in [6.07, 6.45) is 1.31. The minimum Gasteiger partial charge on any atom is -0.326 e. The van der Waals surface area contributed by atoms with Crippen molar-refractivity contribution in [1.29, 1.82) is 0 Å². The standard InChI is InChI=1S/C17H17NO2/c19-16(14-8-3-1-4-9-14)12-7-13-17(20)18-15-10-5-2-6-11-15/h1-6,8-11H,7,12-13H2,(H,18,20). The lowest BCUT2D eigenvalue weighted by Crippen LogP contribution is -2.11. The van der Waals surface area contributed by atoms with Crippen LogP contribution in [-0.4, -0.2) is 11.7 Å². The van der Waals surface area contributed by atoms with E-state index in [1.165, 1.54) is 0 Å². The van der Waals surface area contributed by atoms with E-state index in [4.69, 9.17) is 0 Å². The van der Waals surface area contributed by atoms with Crippen LogP contribution >= 0.6 is 0 Å². The Hall–Kier alpha value is -2.42. The quantitative estimate of drug-likeness (QED) is 0.811. The van der Waals surface area contributed by atoms with Gasteiger partial charge in [0, 0.05) is 24.1 Å². The first-order chi connectivity index (χ1) is 9.75. The highest BCUT2D eigenvalue weighted by atomic mass is 16.1. The highest BCUT2D eigenvalue weighted by molar-refractivity contribution is 5.96. The summed E-state index contributed by atoms with van der Waals surface area (Å²) in [5.41, 5.74) is 1.49. The van der Waals surface area contributed by atoms with E-state index in [9.17, 15) is 9.59 Å². The second-order valence-corrected chi connectivity index (χ2v) is 4.56.